The number of benzene rings is 2. The summed E-state index contributed by atoms with van der Waals surface area (Å²) in [6, 6.07) is 1.73. The Kier molecular flexibility index (Phi) is 7.42. The summed E-state index contributed by atoms with van der Waals surface area (Å²) in [7, 11) is 4.20. The number of carbonyl (C=O) groups is 2. The van der Waals surface area contributed by atoms with E-state index in [1.54, 1.807) is 19.9 Å². The lowest BCUT2D eigenvalue weighted by Crippen LogP contribution is -2.69. The molecule has 4 fully saturated rings. The summed E-state index contributed by atoms with van der Waals surface area (Å²) in [4.78, 5) is 25.4. The molecule has 11 atom stereocenters. The molecule has 272 valence electrons. The zero-order chi connectivity index (χ0) is 35.9. The third-order valence-corrected chi connectivity index (χ3v) is 11.0. The molecule has 16 nitrogen and oxygen atoms in total. The second-order valence-electron chi connectivity index (χ2n) is 14.1. The number of carbonyl (C=O) groups excluding carboxylic acids is 2. The van der Waals surface area contributed by atoms with Crippen molar-refractivity contribution in [2.45, 2.75) is 113 Å². The molecule has 8 rings (SSSR count). The molecule has 6 aliphatic rings. The summed E-state index contributed by atoms with van der Waals surface area (Å²) in [5.74, 6) is -5.54. The second-order valence-corrected chi connectivity index (χ2v) is 14.1. The van der Waals surface area contributed by atoms with Gasteiger partial charge >= 0.3 is 5.97 Å². The predicted molar refractivity (Wildman–Crippen MR) is 164 cm³/mol. The lowest BCUT2D eigenvalue weighted by molar-refractivity contribution is -0.344. The van der Waals surface area contributed by atoms with E-state index < -0.39 is 89.5 Å². The van der Waals surface area contributed by atoms with Gasteiger partial charge in [-0.15, -0.1) is 0 Å². The number of rotatable bonds is 7. The minimum Gasteiger partial charge on any atom is -0.506 e. The number of phenolic OH excluding ortho intramolecular Hbond substituents is 1. The highest BCUT2D eigenvalue weighted by atomic mass is 16.9. The normalized spacial score (nSPS) is 40.9. The van der Waals surface area contributed by atoms with Gasteiger partial charge < -0.3 is 67.8 Å². The van der Waals surface area contributed by atoms with Crippen molar-refractivity contribution in [1.29, 1.82) is 0 Å². The number of aliphatic hydroxyl groups excluding tert-OH is 1. The maximum atomic E-state index is 13.7. The van der Waals surface area contributed by atoms with E-state index in [1.807, 2.05) is 0 Å². The van der Waals surface area contributed by atoms with Crippen molar-refractivity contribution in [1.82, 2.24) is 0 Å². The van der Waals surface area contributed by atoms with Crippen LogP contribution in [0.2, 0.25) is 0 Å². The maximum absolute atomic E-state index is 13.7. The van der Waals surface area contributed by atoms with E-state index in [1.165, 1.54) is 35.2 Å². The summed E-state index contributed by atoms with van der Waals surface area (Å²) in [5, 5.41) is 46.8. The molecule has 5 aliphatic heterocycles. The highest BCUT2D eigenvalue weighted by molar-refractivity contribution is 6.13. The smallest absolute Gasteiger partial charge is 0.303 e. The van der Waals surface area contributed by atoms with Crippen LogP contribution in [-0.2, 0) is 42.7 Å². The highest BCUT2D eigenvalue weighted by Crippen LogP contribution is 2.71. The zero-order valence-corrected chi connectivity index (χ0v) is 28.5. The molecular weight excluding hydrogens is 664 g/mol. The number of epoxide rings is 1. The third kappa shape index (κ3) is 4.17. The monoisotopic (exact) mass is 704 g/mol. The summed E-state index contributed by atoms with van der Waals surface area (Å²) in [6.07, 6.45) is -8.88. The zero-order valence-electron chi connectivity index (χ0n) is 28.5. The molecule has 0 aromatic heterocycles. The predicted octanol–water partition coefficient (Wildman–Crippen LogP) is 1.32. The van der Waals surface area contributed by atoms with Crippen molar-refractivity contribution in [2.24, 2.45) is 0 Å². The van der Waals surface area contributed by atoms with Crippen molar-refractivity contribution in [3.05, 3.63) is 28.3 Å². The number of Topliss-reactive ketones (excluding diaryl/α,β-unsaturated/α-hetero) is 1. The lowest BCUT2D eigenvalue weighted by atomic mass is 9.77. The van der Waals surface area contributed by atoms with Crippen LogP contribution in [0.15, 0.2) is 6.07 Å². The van der Waals surface area contributed by atoms with Gasteiger partial charge in [-0.1, -0.05) is 0 Å². The second kappa shape index (κ2) is 10.9. The van der Waals surface area contributed by atoms with Crippen molar-refractivity contribution < 1.29 is 77.4 Å². The van der Waals surface area contributed by atoms with E-state index >= 15 is 0 Å². The first-order valence-corrected chi connectivity index (χ1v) is 16.4. The molecule has 2 bridgehead atoms. The molecular formula is C34H40O16. The van der Waals surface area contributed by atoms with Crippen LogP contribution in [0.3, 0.4) is 0 Å². The molecule has 5 heterocycles. The fourth-order valence-electron chi connectivity index (χ4n) is 8.84. The number of fused-ring (bicyclic) bond motifs is 8. The molecule has 2 aromatic rings. The van der Waals surface area contributed by atoms with E-state index in [0.717, 1.165) is 0 Å². The van der Waals surface area contributed by atoms with Gasteiger partial charge in [0.1, 0.15) is 35.1 Å². The number of hydrogen-bond donors (Lipinski definition) is 4. The molecule has 1 aliphatic carbocycles. The number of phenols is 1. The first kappa shape index (κ1) is 34.0. The molecule has 1 spiro atoms. The molecule has 50 heavy (non-hydrogen) atoms. The molecule has 16 heteroatoms. The van der Waals surface area contributed by atoms with Gasteiger partial charge in [-0.05, 0) is 32.4 Å². The number of ketones is 1. The summed E-state index contributed by atoms with van der Waals surface area (Å²) >= 11 is 0. The van der Waals surface area contributed by atoms with Gasteiger partial charge in [0, 0.05) is 50.5 Å². The van der Waals surface area contributed by atoms with E-state index in [4.69, 9.17) is 47.4 Å². The summed E-state index contributed by atoms with van der Waals surface area (Å²) in [6.45, 7) is 6.14. The van der Waals surface area contributed by atoms with Crippen molar-refractivity contribution >= 4 is 22.5 Å². The highest BCUT2D eigenvalue weighted by Gasteiger charge is 2.92. The Morgan fingerprint density at radius 2 is 1.82 bits per heavy atom. The average molecular weight is 705 g/mol. The van der Waals surface area contributed by atoms with Gasteiger partial charge in [0.05, 0.1) is 36.9 Å². The molecule has 4 N–H and O–H groups in total. The first-order valence-electron chi connectivity index (χ1n) is 16.4. The van der Waals surface area contributed by atoms with Crippen LogP contribution in [0.5, 0.6) is 17.2 Å². The van der Waals surface area contributed by atoms with E-state index in [-0.39, 0.29) is 47.5 Å². The van der Waals surface area contributed by atoms with Gasteiger partial charge in [-0.25, -0.2) is 0 Å². The number of ether oxygens (including phenoxy) is 10. The Labute approximate surface area is 285 Å². The third-order valence-electron chi connectivity index (χ3n) is 11.0. The molecule has 2 aromatic carbocycles. The Hall–Kier alpha value is -3.16. The quantitative estimate of drug-likeness (QED) is 0.182. The van der Waals surface area contributed by atoms with Gasteiger partial charge in [0.15, 0.2) is 24.3 Å². The summed E-state index contributed by atoms with van der Waals surface area (Å²) < 4.78 is 59.7. The van der Waals surface area contributed by atoms with Crippen LogP contribution < -0.4 is 9.47 Å². The van der Waals surface area contributed by atoms with Crippen LogP contribution in [-0.4, -0.2) is 120 Å². The molecule has 0 amide bonds. The van der Waals surface area contributed by atoms with Gasteiger partial charge in [-0.2, -0.15) is 0 Å². The number of aliphatic hydroxyl groups is 3. The fraction of sp³-hybridized carbons (Fsp3) is 0.647. The van der Waals surface area contributed by atoms with Gasteiger partial charge in [0.2, 0.25) is 11.9 Å². The van der Waals surface area contributed by atoms with Crippen LogP contribution in [0, 0.1) is 6.92 Å². The van der Waals surface area contributed by atoms with Gasteiger partial charge in [0.25, 0.3) is 11.6 Å². The van der Waals surface area contributed by atoms with Crippen LogP contribution in [0.1, 0.15) is 72.9 Å². The van der Waals surface area contributed by atoms with E-state index in [2.05, 4.69) is 0 Å². The average Bonchev–Trinajstić information content (AvgIpc) is 3.72. The Morgan fingerprint density at radius 3 is 2.42 bits per heavy atom. The maximum Gasteiger partial charge on any atom is 0.303 e. The molecule has 0 saturated carbocycles. The van der Waals surface area contributed by atoms with Crippen molar-refractivity contribution in [3.63, 3.8) is 0 Å². The number of aromatic hydroxyl groups is 1. The SMILES string of the molecule is COc1c2c(c(O)c3c4c(c(C)cc13)C1OC3(C(OC)OC)OC1[C@@](O)(O4)[C@@]31CO1)C(=O)[C@@H](O)C[C@@H]2OC1CC(C)(O)C(OC(C)=O)C(C)O1. The number of aryl methyl sites for hydroxylation is 1. The fourth-order valence-corrected chi connectivity index (χ4v) is 8.84. The van der Waals surface area contributed by atoms with Crippen molar-refractivity contribution in [2.75, 3.05) is 27.9 Å². The largest absolute Gasteiger partial charge is 0.506 e. The lowest BCUT2D eigenvalue weighted by Gasteiger charge is -2.47. The first-order chi connectivity index (χ1) is 23.6. The molecule has 7 unspecified atom stereocenters. The van der Waals surface area contributed by atoms with Gasteiger partial charge in [-0.3, -0.25) is 9.59 Å². The number of esters is 1. The number of hydrogen-bond acceptors (Lipinski definition) is 16. The minimum atomic E-state index is -2.13. The van der Waals surface area contributed by atoms with Crippen LogP contribution >= 0.6 is 0 Å². The Balaban J connectivity index is 1.25. The van der Waals surface area contributed by atoms with E-state index in [9.17, 15) is 30.0 Å². The van der Waals surface area contributed by atoms with Crippen LogP contribution in [0.25, 0.3) is 10.8 Å². The standard InChI is InChI=1S/C34H40O16/c1-12-8-15-20(26-19(12)27-29-33(40,48-26)32(11-44-32)34(49-27,50-29)30(42-6)43-7)24(38)22-21(25(15)41-5)17(9-16(36)23(22)37)47-18-10-31(4,39)28(13(2)45-18)46-14(3)35/h8,13,16-18,27-30,36,38-40H,9-11H2,1-7H3/t13?,16-,17-,18?,27?,28?,29?,31?,32-,33+,34?/m0/s1. The Bertz CT molecular complexity index is 1800. The Morgan fingerprint density at radius 1 is 1.12 bits per heavy atom. The van der Waals surface area contributed by atoms with E-state index in [0.29, 0.717) is 16.5 Å². The number of methoxy groups -OCH3 is 3. The molecule has 0 radical (unpaired) electrons. The topological polar surface area (TPSA) is 211 Å². The van der Waals surface area contributed by atoms with Crippen LogP contribution in [0.4, 0.5) is 0 Å². The minimum absolute atomic E-state index is 0.0141. The summed E-state index contributed by atoms with van der Waals surface area (Å²) in [5.41, 5.74) is -2.13. The molecule has 4 saturated heterocycles. The van der Waals surface area contributed by atoms with Crippen molar-refractivity contribution in [3.8, 4) is 17.2 Å².